The molecule has 0 saturated carbocycles. The summed E-state index contributed by atoms with van der Waals surface area (Å²) in [5.41, 5.74) is 3.66. The van der Waals surface area contributed by atoms with E-state index in [2.05, 4.69) is 36.2 Å². The SMILES string of the molecule is CCCCCCc1ccc(-c2ncc(-c3ccc(O)cc3)s2)cc1. The van der Waals surface area contributed by atoms with E-state index in [0.717, 1.165) is 21.9 Å². The second-order valence-electron chi connectivity index (χ2n) is 6.08. The summed E-state index contributed by atoms with van der Waals surface area (Å²) in [7, 11) is 0. The molecule has 0 aliphatic carbocycles. The van der Waals surface area contributed by atoms with Crippen LogP contribution >= 0.6 is 11.3 Å². The number of hydrogen-bond donors (Lipinski definition) is 1. The zero-order valence-electron chi connectivity index (χ0n) is 14.0. The predicted octanol–water partition coefficient (Wildman–Crippen LogP) is 6.31. The molecule has 0 aliphatic heterocycles. The quantitative estimate of drug-likeness (QED) is 0.513. The summed E-state index contributed by atoms with van der Waals surface area (Å²) in [6.45, 7) is 2.25. The van der Waals surface area contributed by atoms with Crippen LogP contribution < -0.4 is 0 Å². The van der Waals surface area contributed by atoms with Gasteiger partial charge in [-0.15, -0.1) is 11.3 Å². The summed E-state index contributed by atoms with van der Waals surface area (Å²) in [6.07, 6.45) is 8.28. The monoisotopic (exact) mass is 337 g/mol. The van der Waals surface area contributed by atoms with Gasteiger partial charge in [0.25, 0.3) is 0 Å². The van der Waals surface area contributed by atoms with Gasteiger partial charge in [-0.1, -0.05) is 50.5 Å². The lowest BCUT2D eigenvalue weighted by Crippen LogP contribution is -1.86. The number of rotatable bonds is 7. The van der Waals surface area contributed by atoms with Crippen LogP contribution in [0.2, 0.25) is 0 Å². The normalized spacial score (nSPS) is 10.9. The largest absolute Gasteiger partial charge is 0.508 e. The summed E-state index contributed by atoms with van der Waals surface area (Å²) >= 11 is 1.68. The van der Waals surface area contributed by atoms with E-state index in [1.54, 1.807) is 23.5 Å². The lowest BCUT2D eigenvalue weighted by Gasteiger charge is -2.02. The van der Waals surface area contributed by atoms with Gasteiger partial charge in [0, 0.05) is 11.8 Å². The number of unbranched alkanes of at least 4 members (excludes halogenated alkanes) is 3. The van der Waals surface area contributed by atoms with Crippen LogP contribution in [0.25, 0.3) is 21.0 Å². The molecule has 3 aromatic rings. The van der Waals surface area contributed by atoms with E-state index in [4.69, 9.17) is 0 Å². The van der Waals surface area contributed by atoms with E-state index in [1.807, 2.05) is 18.3 Å². The molecule has 24 heavy (non-hydrogen) atoms. The van der Waals surface area contributed by atoms with Crippen LogP contribution in [0.1, 0.15) is 38.2 Å². The fraction of sp³-hybridized carbons (Fsp3) is 0.286. The van der Waals surface area contributed by atoms with Crippen LogP contribution in [-0.2, 0) is 6.42 Å². The van der Waals surface area contributed by atoms with Crippen molar-refractivity contribution in [1.82, 2.24) is 4.98 Å². The van der Waals surface area contributed by atoms with E-state index in [1.165, 1.54) is 36.8 Å². The summed E-state index contributed by atoms with van der Waals surface area (Å²) < 4.78 is 0. The third-order valence-corrected chi connectivity index (χ3v) is 5.27. The predicted molar refractivity (Wildman–Crippen MR) is 102 cm³/mol. The van der Waals surface area contributed by atoms with Gasteiger partial charge in [0.1, 0.15) is 10.8 Å². The highest BCUT2D eigenvalue weighted by Crippen LogP contribution is 2.32. The van der Waals surface area contributed by atoms with E-state index < -0.39 is 0 Å². The number of phenolic OH excluding ortho intramolecular Hbond substituents is 1. The van der Waals surface area contributed by atoms with Crippen molar-refractivity contribution >= 4 is 11.3 Å². The van der Waals surface area contributed by atoms with Crippen LogP contribution in [0.15, 0.2) is 54.7 Å². The summed E-state index contributed by atoms with van der Waals surface area (Å²) in [4.78, 5) is 5.68. The van der Waals surface area contributed by atoms with Crippen molar-refractivity contribution < 1.29 is 5.11 Å². The highest BCUT2D eigenvalue weighted by Gasteiger charge is 2.07. The molecule has 1 heterocycles. The van der Waals surface area contributed by atoms with Gasteiger partial charge in [-0.25, -0.2) is 4.98 Å². The minimum atomic E-state index is 0.290. The molecule has 0 saturated heterocycles. The summed E-state index contributed by atoms with van der Waals surface area (Å²) in [6, 6.07) is 16.1. The molecule has 1 N–H and O–H groups in total. The number of benzene rings is 2. The van der Waals surface area contributed by atoms with Gasteiger partial charge in [0.2, 0.25) is 0 Å². The van der Waals surface area contributed by atoms with Crippen LogP contribution in [0.3, 0.4) is 0 Å². The Labute approximate surface area is 147 Å². The van der Waals surface area contributed by atoms with Gasteiger partial charge in [0.05, 0.1) is 4.88 Å². The van der Waals surface area contributed by atoms with Gasteiger partial charge >= 0.3 is 0 Å². The maximum Gasteiger partial charge on any atom is 0.123 e. The van der Waals surface area contributed by atoms with Crippen molar-refractivity contribution in [1.29, 1.82) is 0 Å². The molecule has 3 rings (SSSR count). The average Bonchev–Trinajstić information content (AvgIpc) is 3.10. The number of aromatic nitrogens is 1. The average molecular weight is 337 g/mol. The van der Waals surface area contributed by atoms with E-state index >= 15 is 0 Å². The third-order valence-electron chi connectivity index (χ3n) is 4.18. The number of aromatic hydroxyl groups is 1. The van der Waals surface area contributed by atoms with Crippen molar-refractivity contribution in [2.45, 2.75) is 39.0 Å². The van der Waals surface area contributed by atoms with Gasteiger partial charge in [0.15, 0.2) is 0 Å². The molecule has 0 amide bonds. The Balaban J connectivity index is 1.67. The molecule has 124 valence electrons. The van der Waals surface area contributed by atoms with Crippen molar-refractivity contribution in [3.63, 3.8) is 0 Å². The van der Waals surface area contributed by atoms with Crippen molar-refractivity contribution in [2.75, 3.05) is 0 Å². The third kappa shape index (κ3) is 4.24. The first kappa shape index (κ1) is 16.7. The Morgan fingerprint density at radius 2 is 1.58 bits per heavy atom. The first-order valence-electron chi connectivity index (χ1n) is 8.61. The first-order chi connectivity index (χ1) is 11.8. The number of aryl methyl sites for hydroxylation is 1. The zero-order chi connectivity index (χ0) is 16.8. The summed E-state index contributed by atoms with van der Waals surface area (Å²) in [5.74, 6) is 0.290. The fourth-order valence-electron chi connectivity index (χ4n) is 2.74. The molecule has 1 aromatic heterocycles. The van der Waals surface area contributed by atoms with Crippen molar-refractivity contribution in [3.05, 3.63) is 60.3 Å². The van der Waals surface area contributed by atoms with Gasteiger partial charge in [-0.3, -0.25) is 0 Å². The Bertz CT molecular complexity index is 759. The van der Waals surface area contributed by atoms with E-state index in [-0.39, 0.29) is 5.75 Å². The molecular weight excluding hydrogens is 314 g/mol. The first-order valence-corrected chi connectivity index (χ1v) is 9.42. The second-order valence-corrected chi connectivity index (χ2v) is 7.11. The lowest BCUT2D eigenvalue weighted by atomic mass is 10.0. The van der Waals surface area contributed by atoms with Gasteiger partial charge in [-0.05, 0) is 48.2 Å². The van der Waals surface area contributed by atoms with Crippen LogP contribution in [-0.4, -0.2) is 10.1 Å². The Morgan fingerprint density at radius 3 is 2.29 bits per heavy atom. The maximum absolute atomic E-state index is 9.39. The number of nitrogens with zero attached hydrogens (tertiary/aromatic N) is 1. The zero-order valence-corrected chi connectivity index (χ0v) is 14.9. The molecular formula is C21H23NOS. The smallest absolute Gasteiger partial charge is 0.123 e. The van der Waals surface area contributed by atoms with E-state index in [0.29, 0.717) is 0 Å². The molecule has 0 fully saturated rings. The number of thiazole rings is 1. The topological polar surface area (TPSA) is 33.1 Å². The van der Waals surface area contributed by atoms with Crippen LogP contribution in [0.4, 0.5) is 0 Å². The minimum Gasteiger partial charge on any atom is -0.508 e. The van der Waals surface area contributed by atoms with Gasteiger partial charge < -0.3 is 5.11 Å². The molecule has 2 aromatic carbocycles. The highest BCUT2D eigenvalue weighted by molar-refractivity contribution is 7.18. The van der Waals surface area contributed by atoms with E-state index in [9.17, 15) is 5.11 Å². The maximum atomic E-state index is 9.39. The molecule has 0 bridgehead atoms. The Morgan fingerprint density at radius 1 is 0.875 bits per heavy atom. The number of hydrogen-bond acceptors (Lipinski definition) is 3. The molecule has 2 nitrogen and oxygen atoms in total. The molecule has 0 radical (unpaired) electrons. The fourth-order valence-corrected chi connectivity index (χ4v) is 3.66. The molecule has 0 spiro atoms. The lowest BCUT2D eigenvalue weighted by molar-refractivity contribution is 0.475. The van der Waals surface area contributed by atoms with Crippen LogP contribution in [0, 0.1) is 0 Å². The van der Waals surface area contributed by atoms with Crippen molar-refractivity contribution in [3.8, 4) is 26.8 Å². The molecule has 0 atom stereocenters. The second kappa shape index (κ2) is 8.11. The Kier molecular flexibility index (Phi) is 5.65. The number of phenols is 1. The minimum absolute atomic E-state index is 0.290. The van der Waals surface area contributed by atoms with Gasteiger partial charge in [-0.2, -0.15) is 0 Å². The molecule has 0 aliphatic rings. The van der Waals surface area contributed by atoms with Crippen LogP contribution in [0.5, 0.6) is 5.75 Å². The highest BCUT2D eigenvalue weighted by atomic mass is 32.1. The molecule has 3 heteroatoms. The summed E-state index contributed by atoms with van der Waals surface area (Å²) in [5, 5.41) is 10.4. The Hall–Kier alpha value is -2.13. The standard InChI is InChI=1S/C21H23NOS/c1-2-3-4-5-6-16-7-9-18(10-8-16)21-22-15-20(24-21)17-11-13-19(23)14-12-17/h7-15,23H,2-6H2,1H3. The molecule has 0 unspecified atom stereocenters. The van der Waals surface area contributed by atoms with Crippen molar-refractivity contribution in [2.24, 2.45) is 0 Å².